The molecule has 0 radical (unpaired) electrons. The average molecular weight is 671 g/mol. The van der Waals surface area contributed by atoms with Gasteiger partial charge in [0.25, 0.3) is 11.8 Å². The highest BCUT2D eigenvalue weighted by atomic mass is 16.4. The van der Waals surface area contributed by atoms with Crippen LogP contribution in [0.25, 0.3) is 0 Å². The molecule has 1 aromatic carbocycles. The molecule has 0 saturated carbocycles. The smallest absolute Gasteiger partial charge is 0.349 e. The van der Waals surface area contributed by atoms with Crippen molar-refractivity contribution in [3.8, 4) is 0 Å². The van der Waals surface area contributed by atoms with Gasteiger partial charge in [-0.25, -0.2) is 4.79 Å². The van der Waals surface area contributed by atoms with Crippen LogP contribution in [-0.2, 0) is 22.4 Å². The van der Waals surface area contributed by atoms with Gasteiger partial charge in [0, 0.05) is 31.4 Å². The van der Waals surface area contributed by atoms with Crippen molar-refractivity contribution in [2.45, 2.75) is 70.9 Å². The molecule has 1 saturated heterocycles. The van der Waals surface area contributed by atoms with Crippen LogP contribution in [0.2, 0.25) is 0 Å². The van der Waals surface area contributed by atoms with E-state index in [4.69, 9.17) is 4.42 Å². The molecule has 0 spiro atoms. The Bertz CT molecular complexity index is 1700. The summed E-state index contributed by atoms with van der Waals surface area (Å²) in [7, 11) is 0. The van der Waals surface area contributed by atoms with Crippen LogP contribution in [0.1, 0.15) is 82.2 Å². The van der Waals surface area contributed by atoms with Crippen LogP contribution >= 0.6 is 0 Å². The molecule has 2 bridgehead atoms. The van der Waals surface area contributed by atoms with Crippen LogP contribution in [-0.4, -0.2) is 78.3 Å². The maximum atomic E-state index is 14.3. The average Bonchev–Trinajstić information content (AvgIpc) is 3.08. The highest BCUT2D eigenvalue weighted by Crippen LogP contribution is 2.26. The van der Waals surface area contributed by atoms with Crippen LogP contribution in [0.3, 0.4) is 0 Å². The Morgan fingerprint density at radius 3 is 2.47 bits per heavy atom. The summed E-state index contributed by atoms with van der Waals surface area (Å²) in [6, 6.07) is 11.4. The fourth-order valence-electron chi connectivity index (χ4n) is 6.45. The number of aryl methyl sites for hydroxylation is 2. The minimum absolute atomic E-state index is 0.0763. The SMILES string of the molecule is Cc1cc(C2CCNCC2)oc(=O)c1C(=O)N1CC(=O)NCCCc2cncc(c2)C(=O)N[C@H](C(C)C)C(=O)NC(Cc2ccccc2)C1. The molecule has 2 aliphatic rings. The molecule has 12 nitrogen and oxygen atoms in total. The van der Waals surface area contributed by atoms with Crippen LogP contribution in [0.15, 0.2) is 64.1 Å². The summed E-state index contributed by atoms with van der Waals surface area (Å²) in [4.78, 5) is 73.7. The monoisotopic (exact) mass is 670 g/mol. The first kappa shape index (κ1) is 35.5. The first-order chi connectivity index (χ1) is 23.6. The number of nitrogens with zero attached hydrogens (tertiary/aromatic N) is 2. The number of pyridine rings is 1. The van der Waals surface area contributed by atoms with Gasteiger partial charge < -0.3 is 30.6 Å². The highest BCUT2D eigenvalue weighted by molar-refractivity contribution is 5.98. The van der Waals surface area contributed by atoms with Gasteiger partial charge in [-0.3, -0.25) is 24.2 Å². The molecule has 0 aliphatic carbocycles. The Morgan fingerprint density at radius 1 is 1.00 bits per heavy atom. The third kappa shape index (κ3) is 9.41. The molecule has 2 atom stereocenters. The molecule has 1 fully saturated rings. The Labute approximate surface area is 286 Å². The summed E-state index contributed by atoms with van der Waals surface area (Å²) >= 11 is 0. The molecular formula is C37H46N6O6. The second-order valence-electron chi connectivity index (χ2n) is 13.3. The van der Waals surface area contributed by atoms with Gasteiger partial charge >= 0.3 is 5.63 Å². The van der Waals surface area contributed by atoms with E-state index in [1.807, 2.05) is 44.2 Å². The topological polar surface area (TPSA) is 163 Å². The number of carbonyl (C=O) groups excluding carboxylic acids is 4. The Balaban J connectivity index is 1.49. The van der Waals surface area contributed by atoms with Crippen molar-refractivity contribution in [1.29, 1.82) is 0 Å². The molecule has 5 rings (SSSR count). The molecule has 1 unspecified atom stereocenters. The lowest BCUT2D eigenvalue weighted by Crippen LogP contribution is -2.56. The molecule has 4 amide bonds. The fourth-order valence-corrected chi connectivity index (χ4v) is 6.45. The third-order valence-electron chi connectivity index (χ3n) is 9.11. The van der Waals surface area contributed by atoms with Gasteiger partial charge in [-0.05, 0) is 86.9 Å². The van der Waals surface area contributed by atoms with Gasteiger partial charge in [0.2, 0.25) is 11.8 Å². The van der Waals surface area contributed by atoms with Crippen molar-refractivity contribution in [1.82, 2.24) is 31.2 Å². The van der Waals surface area contributed by atoms with Gasteiger partial charge in [-0.1, -0.05) is 44.2 Å². The summed E-state index contributed by atoms with van der Waals surface area (Å²) in [6.45, 7) is 6.92. The van der Waals surface area contributed by atoms with E-state index in [1.54, 1.807) is 25.3 Å². The lowest BCUT2D eigenvalue weighted by Gasteiger charge is -2.30. The normalized spacial score (nSPS) is 20.2. The lowest BCUT2D eigenvalue weighted by atomic mass is 9.94. The van der Waals surface area contributed by atoms with E-state index in [1.165, 1.54) is 11.1 Å². The molecule has 49 heavy (non-hydrogen) atoms. The molecule has 2 aliphatic heterocycles. The number of amides is 4. The van der Waals surface area contributed by atoms with Crippen molar-refractivity contribution >= 4 is 23.6 Å². The number of fused-ring (bicyclic) bond motifs is 2. The first-order valence-electron chi connectivity index (χ1n) is 17.1. The van der Waals surface area contributed by atoms with Crippen molar-refractivity contribution < 1.29 is 23.6 Å². The maximum Gasteiger partial charge on any atom is 0.349 e. The number of hydrogen-bond acceptors (Lipinski definition) is 8. The number of carbonyl (C=O) groups is 4. The number of aromatic nitrogens is 1. The minimum atomic E-state index is -0.894. The van der Waals surface area contributed by atoms with E-state index >= 15 is 0 Å². The van der Waals surface area contributed by atoms with E-state index in [9.17, 15) is 24.0 Å². The van der Waals surface area contributed by atoms with Crippen LogP contribution in [0.5, 0.6) is 0 Å². The zero-order valence-electron chi connectivity index (χ0n) is 28.4. The number of hydrogen-bond donors (Lipinski definition) is 4. The zero-order valence-corrected chi connectivity index (χ0v) is 28.4. The van der Waals surface area contributed by atoms with Crippen LogP contribution in [0.4, 0.5) is 0 Å². The molecule has 12 heteroatoms. The third-order valence-corrected chi connectivity index (χ3v) is 9.11. The van der Waals surface area contributed by atoms with Gasteiger partial charge in [0.05, 0.1) is 18.2 Å². The van der Waals surface area contributed by atoms with E-state index in [0.717, 1.165) is 37.1 Å². The van der Waals surface area contributed by atoms with Crippen molar-refractivity contribution in [3.05, 3.63) is 98.9 Å². The Kier molecular flexibility index (Phi) is 12.0. The molecule has 4 N–H and O–H groups in total. The largest absolute Gasteiger partial charge is 0.427 e. The standard InChI is InChI=1S/C37H46N6O6/c1-23(2)33-35(46)41-29(18-25-8-5-4-6-9-25)21-43(22-31(44)40-13-7-10-26-17-28(20-39-19-26)34(45)42-33)36(47)32-24(3)16-30(49-37(32)48)27-11-14-38-15-12-27/h4-6,8-9,16-17,19-20,23,27,29,33,38H,7,10-15,18,21-22H2,1-3H3,(H,40,44)(H,41,46)(H,42,45)/t29?,33-/m1/s1. The predicted molar refractivity (Wildman–Crippen MR) is 184 cm³/mol. The second kappa shape index (κ2) is 16.5. The van der Waals surface area contributed by atoms with Gasteiger partial charge in [0.15, 0.2) is 0 Å². The molecule has 260 valence electrons. The number of benzene rings is 1. The van der Waals surface area contributed by atoms with Crippen molar-refractivity contribution in [3.63, 3.8) is 0 Å². The first-order valence-corrected chi connectivity index (χ1v) is 17.1. The van der Waals surface area contributed by atoms with E-state index < -0.39 is 41.3 Å². The molecular weight excluding hydrogens is 624 g/mol. The fraction of sp³-hybridized carbons (Fsp3) is 0.459. The maximum absolute atomic E-state index is 14.3. The molecule has 2 aromatic heterocycles. The summed E-state index contributed by atoms with van der Waals surface area (Å²) in [5.74, 6) is -1.55. The number of piperidine rings is 1. The van der Waals surface area contributed by atoms with Gasteiger partial charge in [-0.15, -0.1) is 0 Å². The minimum Gasteiger partial charge on any atom is -0.427 e. The van der Waals surface area contributed by atoms with Crippen LogP contribution in [0, 0.1) is 12.8 Å². The summed E-state index contributed by atoms with van der Waals surface area (Å²) in [6.07, 6.45) is 6.21. The summed E-state index contributed by atoms with van der Waals surface area (Å²) in [5, 5.41) is 12.1. The van der Waals surface area contributed by atoms with E-state index in [2.05, 4.69) is 26.3 Å². The highest BCUT2D eigenvalue weighted by Gasteiger charge is 2.32. The number of nitrogens with one attached hydrogen (secondary N) is 4. The van der Waals surface area contributed by atoms with Crippen molar-refractivity contribution in [2.24, 2.45) is 5.92 Å². The van der Waals surface area contributed by atoms with Gasteiger partial charge in [0.1, 0.15) is 17.4 Å². The summed E-state index contributed by atoms with van der Waals surface area (Å²) < 4.78 is 5.74. The van der Waals surface area contributed by atoms with Crippen molar-refractivity contribution in [2.75, 3.05) is 32.7 Å². The quantitative estimate of drug-likeness (QED) is 0.322. The molecule has 4 heterocycles. The molecule has 3 aromatic rings. The zero-order chi connectivity index (χ0) is 34.9. The Morgan fingerprint density at radius 2 is 1.76 bits per heavy atom. The summed E-state index contributed by atoms with van der Waals surface area (Å²) in [5.41, 5.74) is 1.63. The number of rotatable bonds is 5. The Hall–Kier alpha value is -4.84. The predicted octanol–water partition coefficient (Wildman–Crippen LogP) is 2.50. The second-order valence-corrected chi connectivity index (χ2v) is 13.3. The lowest BCUT2D eigenvalue weighted by molar-refractivity contribution is -0.124. The van der Waals surface area contributed by atoms with Gasteiger partial charge in [-0.2, -0.15) is 0 Å². The van der Waals surface area contributed by atoms with Crippen LogP contribution < -0.4 is 26.9 Å². The van der Waals surface area contributed by atoms with E-state index in [-0.39, 0.29) is 30.5 Å². The van der Waals surface area contributed by atoms with E-state index in [0.29, 0.717) is 42.7 Å².